The summed E-state index contributed by atoms with van der Waals surface area (Å²) in [5.41, 5.74) is 3.81. The van der Waals surface area contributed by atoms with Crippen molar-refractivity contribution in [3.8, 4) is 0 Å². The van der Waals surface area contributed by atoms with Crippen LogP contribution in [0.5, 0.6) is 0 Å². The fourth-order valence-electron chi connectivity index (χ4n) is 5.12. The van der Waals surface area contributed by atoms with Gasteiger partial charge in [-0.05, 0) is 61.1 Å². The van der Waals surface area contributed by atoms with Gasteiger partial charge in [-0.15, -0.1) is 12.4 Å². The van der Waals surface area contributed by atoms with Crippen LogP contribution in [0, 0.1) is 24.6 Å². The second kappa shape index (κ2) is 9.90. The molecule has 0 bridgehead atoms. The van der Waals surface area contributed by atoms with Gasteiger partial charge in [0.1, 0.15) is 5.82 Å². The molecule has 0 spiro atoms. The number of hydrogen-bond acceptors (Lipinski definition) is 3. The Morgan fingerprint density at radius 1 is 1.10 bits per heavy atom. The number of hydrogen-bond donors (Lipinski definition) is 1. The maximum absolute atomic E-state index is 13.0. The maximum Gasteiger partial charge on any atom is 0.234 e. The molecule has 162 valence electrons. The van der Waals surface area contributed by atoms with Crippen molar-refractivity contribution in [3.63, 3.8) is 0 Å². The number of carbonyl (C=O) groups is 1. The Hall–Kier alpha value is -1.95. The first kappa shape index (κ1) is 22.7. The first-order valence-corrected chi connectivity index (χ1v) is 10.5. The van der Waals surface area contributed by atoms with Gasteiger partial charge in [-0.2, -0.15) is 0 Å². The first-order valence-electron chi connectivity index (χ1n) is 10.5. The van der Waals surface area contributed by atoms with Crippen molar-refractivity contribution in [1.82, 2.24) is 15.1 Å². The molecule has 2 saturated heterocycles. The summed E-state index contributed by atoms with van der Waals surface area (Å²) < 4.78 is 13.0. The molecule has 0 unspecified atom stereocenters. The smallest absolute Gasteiger partial charge is 0.234 e. The van der Waals surface area contributed by atoms with Gasteiger partial charge in [-0.25, -0.2) is 4.39 Å². The van der Waals surface area contributed by atoms with Crippen LogP contribution in [0.15, 0.2) is 48.5 Å². The van der Waals surface area contributed by atoms with E-state index >= 15 is 0 Å². The molecule has 0 saturated carbocycles. The maximum atomic E-state index is 13.0. The molecule has 2 fully saturated rings. The van der Waals surface area contributed by atoms with E-state index in [0.717, 1.165) is 31.6 Å². The Labute approximate surface area is 184 Å². The van der Waals surface area contributed by atoms with E-state index in [9.17, 15) is 9.18 Å². The number of rotatable bonds is 6. The molecule has 0 aromatic heterocycles. The summed E-state index contributed by atoms with van der Waals surface area (Å²) in [6.45, 7) is 6.28. The summed E-state index contributed by atoms with van der Waals surface area (Å²) in [6.07, 6.45) is 0.720. The van der Waals surface area contributed by atoms with E-state index in [4.69, 9.17) is 0 Å². The second-order valence-corrected chi connectivity index (χ2v) is 8.59. The monoisotopic (exact) mass is 431 g/mol. The molecule has 6 heteroatoms. The van der Waals surface area contributed by atoms with Crippen LogP contribution in [0.1, 0.15) is 22.7 Å². The number of carbonyl (C=O) groups excluding carboxylic acids is 1. The van der Waals surface area contributed by atoms with Crippen molar-refractivity contribution in [1.29, 1.82) is 0 Å². The van der Waals surface area contributed by atoms with Gasteiger partial charge in [0.25, 0.3) is 0 Å². The fourth-order valence-corrected chi connectivity index (χ4v) is 5.12. The SMILES string of the molecule is Cc1ccccc1[C@H]1[C@@H]2CN(CC(=O)NCCc3ccc(F)cc3)C[C@@H]2CN1C.Cl. The van der Waals surface area contributed by atoms with Gasteiger partial charge in [0.05, 0.1) is 6.54 Å². The number of nitrogens with zero attached hydrogens (tertiary/aromatic N) is 2. The molecule has 2 aromatic carbocycles. The van der Waals surface area contributed by atoms with Gasteiger partial charge in [-0.1, -0.05) is 36.4 Å². The Morgan fingerprint density at radius 3 is 2.57 bits per heavy atom. The summed E-state index contributed by atoms with van der Waals surface area (Å²) in [6, 6.07) is 15.6. The normalized spacial score (nSPS) is 23.8. The summed E-state index contributed by atoms with van der Waals surface area (Å²) >= 11 is 0. The highest BCUT2D eigenvalue weighted by Crippen LogP contribution is 2.44. The predicted molar refractivity (Wildman–Crippen MR) is 120 cm³/mol. The first-order chi connectivity index (χ1) is 14.0. The van der Waals surface area contributed by atoms with Crippen LogP contribution in [0.2, 0.25) is 0 Å². The van der Waals surface area contributed by atoms with Gasteiger partial charge in [-0.3, -0.25) is 14.6 Å². The number of amides is 1. The van der Waals surface area contributed by atoms with Crippen LogP contribution in [-0.2, 0) is 11.2 Å². The van der Waals surface area contributed by atoms with E-state index in [1.165, 1.54) is 23.3 Å². The molecule has 1 amide bonds. The average molecular weight is 432 g/mol. The lowest BCUT2D eigenvalue weighted by atomic mass is 9.88. The van der Waals surface area contributed by atoms with Crippen molar-refractivity contribution in [3.05, 3.63) is 71.0 Å². The van der Waals surface area contributed by atoms with E-state index < -0.39 is 0 Å². The van der Waals surface area contributed by atoms with Gasteiger partial charge >= 0.3 is 0 Å². The van der Waals surface area contributed by atoms with Gasteiger partial charge in [0.2, 0.25) is 5.91 Å². The third-order valence-corrected chi connectivity index (χ3v) is 6.49. The zero-order valence-corrected chi connectivity index (χ0v) is 18.5. The minimum Gasteiger partial charge on any atom is -0.355 e. The van der Waals surface area contributed by atoms with E-state index in [-0.39, 0.29) is 24.1 Å². The molecule has 3 atom stereocenters. The Balaban J connectivity index is 0.00000256. The molecular formula is C24H31ClFN3O. The lowest BCUT2D eigenvalue weighted by molar-refractivity contribution is -0.122. The van der Waals surface area contributed by atoms with E-state index in [0.29, 0.717) is 31.0 Å². The van der Waals surface area contributed by atoms with Crippen molar-refractivity contribution in [2.24, 2.45) is 11.8 Å². The van der Waals surface area contributed by atoms with Crippen LogP contribution < -0.4 is 5.32 Å². The number of benzene rings is 2. The third-order valence-electron chi connectivity index (χ3n) is 6.49. The van der Waals surface area contributed by atoms with Gasteiger partial charge < -0.3 is 5.32 Å². The minimum atomic E-state index is -0.230. The van der Waals surface area contributed by atoms with Crippen molar-refractivity contribution in [2.75, 3.05) is 39.8 Å². The molecule has 2 aromatic rings. The van der Waals surface area contributed by atoms with Crippen LogP contribution in [0.3, 0.4) is 0 Å². The summed E-state index contributed by atoms with van der Waals surface area (Å²) in [5.74, 6) is 1.05. The van der Waals surface area contributed by atoms with E-state index in [1.807, 2.05) is 0 Å². The molecule has 1 N–H and O–H groups in total. The molecular weight excluding hydrogens is 401 g/mol. The van der Waals surface area contributed by atoms with Crippen molar-refractivity contribution in [2.45, 2.75) is 19.4 Å². The third kappa shape index (κ3) is 5.02. The zero-order chi connectivity index (χ0) is 20.4. The molecule has 30 heavy (non-hydrogen) atoms. The highest BCUT2D eigenvalue weighted by Gasteiger charge is 2.46. The molecule has 4 nitrogen and oxygen atoms in total. The minimum absolute atomic E-state index is 0. The average Bonchev–Trinajstić information content (AvgIpc) is 3.20. The Morgan fingerprint density at radius 2 is 1.83 bits per heavy atom. The molecule has 2 aliphatic heterocycles. The topological polar surface area (TPSA) is 35.6 Å². The predicted octanol–water partition coefficient (Wildman–Crippen LogP) is 3.45. The summed E-state index contributed by atoms with van der Waals surface area (Å²) in [5, 5.41) is 3.01. The number of nitrogens with one attached hydrogen (secondary N) is 1. The Kier molecular flexibility index (Phi) is 7.50. The van der Waals surface area contributed by atoms with Crippen LogP contribution in [-0.4, -0.2) is 55.5 Å². The van der Waals surface area contributed by atoms with Crippen molar-refractivity contribution >= 4 is 18.3 Å². The number of fused-ring (bicyclic) bond motifs is 1. The lowest BCUT2D eigenvalue weighted by Gasteiger charge is -2.28. The van der Waals surface area contributed by atoms with Crippen molar-refractivity contribution < 1.29 is 9.18 Å². The summed E-state index contributed by atoms with van der Waals surface area (Å²) in [7, 11) is 2.22. The van der Waals surface area contributed by atoms with E-state index in [1.54, 1.807) is 12.1 Å². The molecule has 2 aliphatic rings. The molecule has 4 rings (SSSR count). The largest absolute Gasteiger partial charge is 0.355 e. The van der Waals surface area contributed by atoms with Gasteiger partial charge in [0, 0.05) is 32.2 Å². The molecule has 0 radical (unpaired) electrons. The number of aryl methyl sites for hydroxylation is 1. The highest BCUT2D eigenvalue weighted by molar-refractivity contribution is 5.85. The second-order valence-electron chi connectivity index (χ2n) is 8.59. The molecule has 2 heterocycles. The van der Waals surface area contributed by atoms with Crippen LogP contribution in [0.4, 0.5) is 4.39 Å². The molecule has 0 aliphatic carbocycles. The fraction of sp³-hybridized carbons (Fsp3) is 0.458. The van der Waals surface area contributed by atoms with Gasteiger partial charge in [0.15, 0.2) is 0 Å². The standard InChI is InChI=1S/C24H30FN3O.ClH/c1-17-5-3-4-6-21(17)24-22-15-28(14-19(22)13-27(24)2)16-23(29)26-12-11-18-7-9-20(25)10-8-18;/h3-10,19,22,24H,11-16H2,1-2H3,(H,26,29);1H/t19-,22+,24-;/m0./s1. The van der Waals surface area contributed by atoms with Crippen LogP contribution >= 0.6 is 12.4 Å². The lowest BCUT2D eigenvalue weighted by Crippen LogP contribution is -2.38. The van der Waals surface area contributed by atoms with E-state index in [2.05, 4.69) is 53.4 Å². The number of likely N-dealkylation sites (tertiary alicyclic amines) is 2. The summed E-state index contributed by atoms with van der Waals surface area (Å²) in [4.78, 5) is 17.2. The van der Waals surface area contributed by atoms with Crippen LogP contribution in [0.25, 0.3) is 0 Å². The zero-order valence-electron chi connectivity index (χ0n) is 17.7. The quantitative estimate of drug-likeness (QED) is 0.760. The number of halogens is 2. The Bertz CT molecular complexity index is 860. The highest BCUT2D eigenvalue weighted by atomic mass is 35.5.